The summed E-state index contributed by atoms with van der Waals surface area (Å²) in [5.74, 6) is 5.71. The zero-order chi connectivity index (χ0) is 15.5. The van der Waals surface area contributed by atoms with Crippen LogP contribution in [0.25, 0.3) is 0 Å². The van der Waals surface area contributed by atoms with Gasteiger partial charge in [0.1, 0.15) is 6.26 Å². The Hall–Kier alpha value is -1.81. The second kappa shape index (κ2) is 6.53. The van der Waals surface area contributed by atoms with Crippen LogP contribution in [0.15, 0.2) is 29.0 Å². The van der Waals surface area contributed by atoms with Gasteiger partial charge >= 0.3 is 0 Å². The standard InChI is InChI=1S/C17H15IN2O2/c1-11-9-16(14(10-15(11)18)12-5-6-12)19-17(21)4-2-3-13-7-8-22-20-13/h7-10,12H,3,5-6H2,1H3,(H,19,21). The Bertz CT molecular complexity index is 753. The van der Waals surface area contributed by atoms with Crippen molar-refractivity contribution in [2.75, 3.05) is 5.32 Å². The molecule has 22 heavy (non-hydrogen) atoms. The number of carbonyl (C=O) groups is 1. The molecule has 0 saturated heterocycles. The van der Waals surface area contributed by atoms with E-state index in [1.807, 2.05) is 13.0 Å². The largest absolute Gasteiger partial charge is 0.364 e. The summed E-state index contributed by atoms with van der Waals surface area (Å²) in [5, 5.41) is 6.67. The van der Waals surface area contributed by atoms with E-state index in [4.69, 9.17) is 4.52 Å². The highest BCUT2D eigenvalue weighted by molar-refractivity contribution is 14.1. The number of anilines is 1. The predicted octanol–water partition coefficient (Wildman–Crippen LogP) is 3.65. The molecule has 112 valence electrons. The van der Waals surface area contributed by atoms with Gasteiger partial charge in [0.25, 0.3) is 5.91 Å². The molecule has 1 heterocycles. The Morgan fingerprint density at radius 1 is 1.50 bits per heavy atom. The van der Waals surface area contributed by atoms with E-state index in [0.717, 1.165) is 16.9 Å². The van der Waals surface area contributed by atoms with Gasteiger partial charge in [-0.25, -0.2) is 0 Å². The summed E-state index contributed by atoms with van der Waals surface area (Å²) in [6, 6.07) is 5.94. The van der Waals surface area contributed by atoms with E-state index in [-0.39, 0.29) is 5.91 Å². The van der Waals surface area contributed by atoms with Crippen LogP contribution in [-0.2, 0) is 11.2 Å². The van der Waals surface area contributed by atoms with E-state index in [1.165, 1.54) is 28.2 Å². The van der Waals surface area contributed by atoms with E-state index in [2.05, 4.69) is 51.0 Å². The number of halogens is 1. The second-order valence-corrected chi connectivity index (χ2v) is 6.55. The van der Waals surface area contributed by atoms with Gasteiger partial charge < -0.3 is 9.84 Å². The lowest BCUT2D eigenvalue weighted by molar-refractivity contribution is -0.111. The fraction of sp³-hybridized carbons (Fsp3) is 0.294. The summed E-state index contributed by atoms with van der Waals surface area (Å²) in [5.41, 5.74) is 4.00. The number of carbonyl (C=O) groups excluding carboxylic acids is 1. The fourth-order valence-electron chi connectivity index (χ4n) is 2.23. The lowest BCUT2D eigenvalue weighted by Gasteiger charge is -2.11. The molecule has 0 atom stereocenters. The zero-order valence-electron chi connectivity index (χ0n) is 12.1. The number of rotatable bonds is 3. The first-order valence-electron chi connectivity index (χ1n) is 7.12. The van der Waals surface area contributed by atoms with Crippen LogP contribution in [0.1, 0.15) is 35.6 Å². The number of amides is 1. The predicted molar refractivity (Wildman–Crippen MR) is 92.5 cm³/mol. The van der Waals surface area contributed by atoms with Crippen molar-refractivity contribution < 1.29 is 9.32 Å². The van der Waals surface area contributed by atoms with Crippen LogP contribution in [0.2, 0.25) is 0 Å². The third-order valence-corrected chi connectivity index (χ3v) is 4.72. The van der Waals surface area contributed by atoms with Gasteiger partial charge in [-0.05, 0) is 77.5 Å². The molecule has 2 aromatic rings. The van der Waals surface area contributed by atoms with Gasteiger partial charge in [0.15, 0.2) is 0 Å². The SMILES string of the molecule is Cc1cc(NC(=O)C#CCc2ccon2)c(C2CC2)cc1I. The van der Waals surface area contributed by atoms with Crippen molar-refractivity contribution in [1.29, 1.82) is 0 Å². The molecule has 0 radical (unpaired) electrons. The van der Waals surface area contributed by atoms with Crippen LogP contribution in [0.3, 0.4) is 0 Å². The molecule has 0 aliphatic heterocycles. The second-order valence-electron chi connectivity index (χ2n) is 5.39. The lowest BCUT2D eigenvalue weighted by Crippen LogP contribution is -2.11. The van der Waals surface area contributed by atoms with Crippen molar-refractivity contribution >= 4 is 34.2 Å². The van der Waals surface area contributed by atoms with Crippen molar-refractivity contribution in [2.24, 2.45) is 0 Å². The van der Waals surface area contributed by atoms with Crippen molar-refractivity contribution in [1.82, 2.24) is 5.16 Å². The van der Waals surface area contributed by atoms with E-state index in [0.29, 0.717) is 12.3 Å². The Morgan fingerprint density at radius 2 is 2.32 bits per heavy atom. The molecular weight excluding hydrogens is 391 g/mol. The van der Waals surface area contributed by atoms with Crippen LogP contribution in [-0.4, -0.2) is 11.1 Å². The van der Waals surface area contributed by atoms with Gasteiger partial charge in [-0.3, -0.25) is 4.79 Å². The summed E-state index contributed by atoms with van der Waals surface area (Å²) in [7, 11) is 0. The van der Waals surface area contributed by atoms with E-state index in [1.54, 1.807) is 6.07 Å². The Kier molecular flexibility index (Phi) is 4.48. The zero-order valence-corrected chi connectivity index (χ0v) is 14.3. The highest BCUT2D eigenvalue weighted by Crippen LogP contribution is 2.44. The molecule has 1 saturated carbocycles. The van der Waals surface area contributed by atoms with Gasteiger partial charge in [-0.15, -0.1) is 0 Å². The number of nitrogens with one attached hydrogen (secondary N) is 1. The van der Waals surface area contributed by atoms with E-state index >= 15 is 0 Å². The molecule has 5 heteroatoms. The monoisotopic (exact) mass is 406 g/mol. The number of benzene rings is 1. The highest BCUT2D eigenvalue weighted by Gasteiger charge is 2.27. The first-order chi connectivity index (χ1) is 10.6. The molecule has 1 amide bonds. The average molecular weight is 406 g/mol. The molecule has 1 aromatic heterocycles. The molecule has 1 aromatic carbocycles. The summed E-state index contributed by atoms with van der Waals surface area (Å²) >= 11 is 2.33. The average Bonchev–Trinajstić information content (AvgIpc) is 3.19. The topological polar surface area (TPSA) is 55.1 Å². The maximum absolute atomic E-state index is 12.0. The smallest absolute Gasteiger partial charge is 0.300 e. The van der Waals surface area contributed by atoms with Crippen LogP contribution >= 0.6 is 22.6 Å². The van der Waals surface area contributed by atoms with Crippen LogP contribution in [0.5, 0.6) is 0 Å². The van der Waals surface area contributed by atoms with Gasteiger partial charge in [0.05, 0.1) is 12.1 Å². The molecule has 0 bridgehead atoms. The maximum atomic E-state index is 12.0. The molecular formula is C17H15IN2O2. The number of hydrogen-bond acceptors (Lipinski definition) is 3. The minimum atomic E-state index is -0.286. The van der Waals surface area contributed by atoms with Gasteiger partial charge in [0.2, 0.25) is 0 Å². The van der Waals surface area contributed by atoms with E-state index < -0.39 is 0 Å². The first kappa shape index (κ1) is 15.1. The minimum absolute atomic E-state index is 0.286. The van der Waals surface area contributed by atoms with E-state index in [9.17, 15) is 4.79 Å². The number of aromatic nitrogens is 1. The van der Waals surface area contributed by atoms with Crippen LogP contribution in [0.4, 0.5) is 5.69 Å². The Morgan fingerprint density at radius 3 is 3.00 bits per heavy atom. The molecule has 1 aliphatic rings. The molecule has 3 rings (SSSR count). The minimum Gasteiger partial charge on any atom is -0.364 e. The molecule has 4 nitrogen and oxygen atoms in total. The molecule has 1 N–H and O–H groups in total. The van der Waals surface area contributed by atoms with Gasteiger partial charge in [-0.1, -0.05) is 11.1 Å². The summed E-state index contributed by atoms with van der Waals surface area (Å²) in [6.45, 7) is 2.05. The fourth-order valence-corrected chi connectivity index (χ4v) is 2.73. The van der Waals surface area contributed by atoms with Crippen LogP contribution < -0.4 is 5.32 Å². The third kappa shape index (κ3) is 3.69. The molecule has 0 unspecified atom stereocenters. The molecule has 0 spiro atoms. The first-order valence-corrected chi connectivity index (χ1v) is 8.20. The summed E-state index contributed by atoms with van der Waals surface area (Å²) in [4.78, 5) is 12.0. The van der Waals surface area contributed by atoms with Crippen molar-refractivity contribution in [3.8, 4) is 11.8 Å². The molecule has 1 aliphatic carbocycles. The summed E-state index contributed by atoms with van der Waals surface area (Å²) in [6.07, 6.45) is 4.29. The normalized spacial score (nSPS) is 13.4. The quantitative estimate of drug-likeness (QED) is 0.626. The van der Waals surface area contributed by atoms with Crippen LogP contribution in [0, 0.1) is 22.3 Å². The maximum Gasteiger partial charge on any atom is 0.300 e. The summed E-state index contributed by atoms with van der Waals surface area (Å²) < 4.78 is 5.95. The highest BCUT2D eigenvalue weighted by atomic mass is 127. The Balaban J connectivity index is 1.71. The van der Waals surface area contributed by atoms with Gasteiger partial charge in [0, 0.05) is 15.3 Å². The van der Waals surface area contributed by atoms with Gasteiger partial charge in [-0.2, -0.15) is 0 Å². The number of aryl methyl sites for hydroxylation is 1. The number of nitrogens with zero attached hydrogens (tertiary/aromatic N) is 1. The number of hydrogen-bond donors (Lipinski definition) is 1. The lowest BCUT2D eigenvalue weighted by atomic mass is 10.1. The molecule has 1 fully saturated rings. The van der Waals surface area contributed by atoms with Crippen molar-refractivity contribution in [3.05, 3.63) is 44.9 Å². The Labute approximate surface area is 142 Å². The third-order valence-electron chi connectivity index (χ3n) is 3.56. The van der Waals surface area contributed by atoms with Crippen molar-refractivity contribution in [2.45, 2.75) is 32.1 Å². The van der Waals surface area contributed by atoms with Crippen molar-refractivity contribution in [3.63, 3.8) is 0 Å².